The van der Waals surface area contributed by atoms with Crippen molar-refractivity contribution in [1.29, 1.82) is 0 Å². The number of pyridine rings is 1. The topological polar surface area (TPSA) is 96.0 Å². The Kier molecular flexibility index (Phi) is 4.82. The first-order valence-electron chi connectivity index (χ1n) is 8.30. The molecule has 4 heterocycles. The molecule has 1 aliphatic rings. The van der Waals surface area contributed by atoms with Gasteiger partial charge in [0.15, 0.2) is 0 Å². The molecule has 0 aliphatic carbocycles. The molecule has 0 amide bonds. The molecule has 0 spiro atoms. The summed E-state index contributed by atoms with van der Waals surface area (Å²) in [5.41, 5.74) is 7.89. The highest BCUT2D eigenvalue weighted by Gasteiger charge is 2.18. The summed E-state index contributed by atoms with van der Waals surface area (Å²) in [6, 6.07) is 5.53. The smallest absolute Gasteiger partial charge is 0.316 e. The van der Waals surface area contributed by atoms with E-state index in [2.05, 4.69) is 19.9 Å². The molecule has 0 bridgehead atoms. The molecule has 1 saturated heterocycles. The lowest BCUT2D eigenvalue weighted by atomic mass is 10.0. The second-order valence-electron chi connectivity index (χ2n) is 5.99. The van der Waals surface area contributed by atoms with Gasteiger partial charge in [-0.2, -0.15) is 4.98 Å². The maximum Gasteiger partial charge on any atom is 0.316 e. The number of rotatable bonds is 5. The molecule has 2 N–H and O–H groups in total. The molecule has 1 atom stereocenters. The fraction of sp³-hybridized carbons (Fsp3) is 0.412. The van der Waals surface area contributed by atoms with Gasteiger partial charge in [0.2, 0.25) is 0 Å². The van der Waals surface area contributed by atoms with E-state index < -0.39 is 6.04 Å². The van der Waals surface area contributed by atoms with Crippen LogP contribution in [-0.4, -0.2) is 39.8 Å². The number of thiazole rings is 1. The Morgan fingerprint density at radius 2 is 2.08 bits per heavy atom. The lowest BCUT2D eigenvalue weighted by Gasteiger charge is -2.21. The summed E-state index contributed by atoms with van der Waals surface area (Å²) in [5, 5.41) is 0.780. The lowest BCUT2D eigenvalue weighted by molar-refractivity contribution is 0.0482. The summed E-state index contributed by atoms with van der Waals surface area (Å²) < 4.78 is 11.1. The van der Waals surface area contributed by atoms with Crippen molar-refractivity contribution in [3.63, 3.8) is 0 Å². The number of fused-ring (bicyclic) bond motifs is 1. The first kappa shape index (κ1) is 16.3. The molecule has 7 nitrogen and oxygen atoms in total. The summed E-state index contributed by atoms with van der Waals surface area (Å²) in [4.78, 5) is 18.4. The SMILES string of the molecule is NC(c1ccnc(OCC2CCOCC2)n1)c1nc2cccnc2s1. The van der Waals surface area contributed by atoms with Crippen LogP contribution >= 0.6 is 11.3 Å². The first-order valence-corrected chi connectivity index (χ1v) is 9.12. The predicted octanol–water partition coefficient (Wildman–Crippen LogP) is 2.33. The third-order valence-electron chi connectivity index (χ3n) is 4.21. The summed E-state index contributed by atoms with van der Waals surface area (Å²) in [6.45, 7) is 2.20. The number of nitrogens with two attached hydrogens (primary N) is 1. The minimum absolute atomic E-state index is 0.360. The number of nitrogens with zero attached hydrogens (tertiary/aromatic N) is 4. The van der Waals surface area contributed by atoms with E-state index in [9.17, 15) is 0 Å². The molecular formula is C17H19N5O2S. The van der Waals surface area contributed by atoms with Crippen molar-refractivity contribution in [1.82, 2.24) is 19.9 Å². The first-order chi connectivity index (χ1) is 12.3. The van der Waals surface area contributed by atoms with E-state index in [0.717, 1.165) is 41.4 Å². The van der Waals surface area contributed by atoms with Gasteiger partial charge >= 0.3 is 6.01 Å². The van der Waals surface area contributed by atoms with Crippen LogP contribution in [-0.2, 0) is 4.74 Å². The maximum atomic E-state index is 6.35. The van der Waals surface area contributed by atoms with Crippen LogP contribution in [0.15, 0.2) is 30.6 Å². The van der Waals surface area contributed by atoms with Gasteiger partial charge in [0.25, 0.3) is 0 Å². The van der Waals surface area contributed by atoms with Gasteiger partial charge in [0.05, 0.1) is 12.3 Å². The fourth-order valence-electron chi connectivity index (χ4n) is 2.75. The maximum absolute atomic E-state index is 6.35. The Hall–Kier alpha value is -2.16. The van der Waals surface area contributed by atoms with E-state index in [1.54, 1.807) is 18.5 Å². The summed E-state index contributed by atoms with van der Waals surface area (Å²) in [6.07, 6.45) is 5.45. The van der Waals surface area contributed by atoms with Crippen molar-refractivity contribution in [2.75, 3.05) is 19.8 Å². The quantitative estimate of drug-likeness (QED) is 0.748. The van der Waals surface area contributed by atoms with E-state index in [-0.39, 0.29) is 0 Å². The molecule has 130 valence electrons. The van der Waals surface area contributed by atoms with Gasteiger partial charge < -0.3 is 15.2 Å². The van der Waals surface area contributed by atoms with Crippen molar-refractivity contribution >= 4 is 21.7 Å². The van der Waals surface area contributed by atoms with Crippen LogP contribution in [0.4, 0.5) is 0 Å². The zero-order valence-corrected chi connectivity index (χ0v) is 14.5. The molecule has 3 aromatic rings. The Balaban J connectivity index is 1.47. The number of ether oxygens (including phenoxy) is 2. The molecule has 8 heteroatoms. The predicted molar refractivity (Wildman–Crippen MR) is 94.5 cm³/mol. The molecular weight excluding hydrogens is 338 g/mol. The van der Waals surface area contributed by atoms with Crippen LogP contribution in [0.1, 0.15) is 29.6 Å². The van der Waals surface area contributed by atoms with Crippen LogP contribution in [0.3, 0.4) is 0 Å². The Morgan fingerprint density at radius 1 is 1.20 bits per heavy atom. The fourth-order valence-corrected chi connectivity index (χ4v) is 3.67. The second-order valence-corrected chi connectivity index (χ2v) is 7.00. The van der Waals surface area contributed by atoms with Gasteiger partial charge in [-0.05, 0) is 37.0 Å². The number of aromatic nitrogens is 4. The molecule has 1 fully saturated rings. The summed E-state index contributed by atoms with van der Waals surface area (Å²) >= 11 is 1.48. The van der Waals surface area contributed by atoms with Gasteiger partial charge in [-0.15, -0.1) is 0 Å². The molecule has 3 aromatic heterocycles. The molecule has 1 aliphatic heterocycles. The normalized spacial score (nSPS) is 16.8. The molecule has 1 unspecified atom stereocenters. The van der Waals surface area contributed by atoms with Crippen molar-refractivity contribution in [2.24, 2.45) is 11.7 Å². The van der Waals surface area contributed by atoms with Crippen LogP contribution < -0.4 is 10.5 Å². The lowest BCUT2D eigenvalue weighted by Crippen LogP contribution is -2.22. The standard InChI is InChI=1S/C17H19N5O2S/c18-14(16-21-13-2-1-6-19-15(13)25-16)12-3-7-20-17(22-12)24-10-11-4-8-23-9-5-11/h1-3,6-7,11,14H,4-5,8-10,18H2. The average Bonchev–Trinajstić information content (AvgIpc) is 3.11. The van der Waals surface area contributed by atoms with Crippen molar-refractivity contribution in [3.8, 4) is 6.01 Å². The monoisotopic (exact) mass is 357 g/mol. The van der Waals surface area contributed by atoms with Crippen molar-refractivity contribution in [3.05, 3.63) is 41.3 Å². The highest BCUT2D eigenvalue weighted by Crippen LogP contribution is 2.27. The molecule has 25 heavy (non-hydrogen) atoms. The van der Waals surface area contributed by atoms with Crippen LogP contribution in [0.2, 0.25) is 0 Å². The third-order valence-corrected chi connectivity index (χ3v) is 5.27. The number of hydrogen-bond donors (Lipinski definition) is 1. The van der Waals surface area contributed by atoms with Gasteiger partial charge in [0.1, 0.15) is 21.4 Å². The Morgan fingerprint density at radius 3 is 2.92 bits per heavy atom. The summed E-state index contributed by atoms with van der Waals surface area (Å²) in [7, 11) is 0. The molecule has 0 radical (unpaired) electrons. The average molecular weight is 357 g/mol. The van der Waals surface area contributed by atoms with Crippen molar-refractivity contribution in [2.45, 2.75) is 18.9 Å². The van der Waals surface area contributed by atoms with Gasteiger partial charge in [-0.1, -0.05) is 11.3 Å². The minimum atomic E-state index is -0.423. The summed E-state index contributed by atoms with van der Waals surface area (Å²) in [5.74, 6) is 0.491. The molecule has 0 saturated carbocycles. The Bertz CT molecular complexity index is 817. The van der Waals surface area contributed by atoms with E-state index in [1.807, 2.05) is 12.1 Å². The van der Waals surface area contributed by atoms with Crippen molar-refractivity contribution < 1.29 is 9.47 Å². The Labute approximate surface area is 149 Å². The zero-order valence-electron chi connectivity index (χ0n) is 13.7. The van der Waals surface area contributed by atoms with Crippen LogP contribution in [0.25, 0.3) is 10.3 Å². The van der Waals surface area contributed by atoms with Gasteiger partial charge in [-0.3, -0.25) is 0 Å². The highest BCUT2D eigenvalue weighted by molar-refractivity contribution is 7.18. The molecule has 0 aromatic carbocycles. The number of hydrogen-bond acceptors (Lipinski definition) is 8. The largest absolute Gasteiger partial charge is 0.463 e. The minimum Gasteiger partial charge on any atom is -0.463 e. The van der Waals surface area contributed by atoms with Gasteiger partial charge in [-0.25, -0.2) is 15.0 Å². The van der Waals surface area contributed by atoms with Gasteiger partial charge in [0, 0.05) is 25.6 Å². The second kappa shape index (κ2) is 7.38. The van der Waals surface area contributed by atoms with Crippen LogP contribution in [0.5, 0.6) is 6.01 Å². The van der Waals surface area contributed by atoms with E-state index in [0.29, 0.717) is 24.2 Å². The molecule has 4 rings (SSSR count). The highest BCUT2D eigenvalue weighted by atomic mass is 32.1. The van der Waals surface area contributed by atoms with E-state index >= 15 is 0 Å². The zero-order chi connectivity index (χ0) is 17.1. The third kappa shape index (κ3) is 3.76. The van der Waals surface area contributed by atoms with E-state index in [1.165, 1.54) is 11.3 Å². The van der Waals surface area contributed by atoms with Crippen LogP contribution in [0, 0.1) is 5.92 Å². The van der Waals surface area contributed by atoms with E-state index in [4.69, 9.17) is 15.2 Å².